The zero-order chi connectivity index (χ0) is 34.2. The number of hydrogen-bond acceptors (Lipinski definition) is 5. The molecule has 8 aromatic carbocycles. The molecule has 0 amide bonds. The van der Waals surface area contributed by atoms with Crippen molar-refractivity contribution in [3.63, 3.8) is 0 Å². The van der Waals surface area contributed by atoms with Gasteiger partial charge in [0.1, 0.15) is 22.3 Å². The number of para-hydroxylation sites is 1. The van der Waals surface area contributed by atoms with Crippen molar-refractivity contribution < 1.29 is 8.83 Å². The van der Waals surface area contributed by atoms with Crippen molar-refractivity contribution in [3.8, 4) is 45.3 Å². The van der Waals surface area contributed by atoms with Crippen LogP contribution in [0, 0.1) is 0 Å². The number of hydrogen-bond donors (Lipinski definition) is 0. The maximum atomic E-state index is 6.87. The summed E-state index contributed by atoms with van der Waals surface area (Å²) in [5.74, 6) is 1.75. The third-order valence-electron chi connectivity index (χ3n) is 10.1. The summed E-state index contributed by atoms with van der Waals surface area (Å²) in [4.78, 5) is 15.3. The van der Waals surface area contributed by atoms with Crippen LogP contribution >= 0.6 is 0 Å². The van der Waals surface area contributed by atoms with E-state index >= 15 is 0 Å². The maximum Gasteiger partial charge on any atom is 0.167 e. The fraction of sp³-hybridized carbons (Fsp3) is 0. The summed E-state index contributed by atoms with van der Waals surface area (Å²) in [6.45, 7) is 0. The highest BCUT2D eigenvalue weighted by atomic mass is 16.3. The fourth-order valence-electron chi connectivity index (χ4n) is 7.55. The van der Waals surface area contributed by atoms with Crippen LogP contribution in [0.1, 0.15) is 0 Å². The lowest BCUT2D eigenvalue weighted by molar-refractivity contribution is 0.668. The molecule has 0 N–H and O–H groups in total. The first-order valence-electron chi connectivity index (χ1n) is 17.3. The van der Waals surface area contributed by atoms with Gasteiger partial charge in [-0.2, -0.15) is 0 Å². The minimum atomic E-state index is 0.546. The smallest absolute Gasteiger partial charge is 0.167 e. The van der Waals surface area contributed by atoms with Gasteiger partial charge in [-0.15, -0.1) is 0 Å². The Hall–Kier alpha value is -7.11. The number of rotatable bonds is 4. The average Bonchev–Trinajstić information content (AvgIpc) is 3.77. The standard InChI is InChI=1S/C47H27N3O2/c1-2-11-29(12-3-1)45-48-46(34-19-18-28-10-4-5-13-30(28)24-34)50-47(49-45)38-23-22-35(33-20-21-37-36-16-8-9-17-40(36)51-41(37)27-33)43-39-25-31-14-6-7-15-32(31)26-42(39)52-44(38)43/h1-27H. The lowest BCUT2D eigenvalue weighted by atomic mass is 9.95. The first kappa shape index (κ1) is 28.7. The lowest BCUT2D eigenvalue weighted by Gasteiger charge is -2.11. The molecule has 3 heterocycles. The molecular weight excluding hydrogens is 639 g/mol. The van der Waals surface area contributed by atoms with Gasteiger partial charge < -0.3 is 8.83 Å². The van der Waals surface area contributed by atoms with E-state index < -0.39 is 0 Å². The molecule has 0 saturated heterocycles. The van der Waals surface area contributed by atoms with E-state index in [0.29, 0.717) is 17.5 Å². The third kappa shape index (κ3) is 4.53. The first-order valence-corrected chi connectivity index (χ1v) is 17.3. The molecule has 3 aromatic heterocycles. The first-order chi connectivity index (χ1) is 25.7. The Morgan fingerprint density at radius 1 is 0.327 bits per heavy atom. The molecule has 0 aliphatic carbocycles. The number of aromatic nitrogens is 3. The molecule has 0 saturated carbocycles. The molecule has 0 spiro atoms. The minimum Gasteiger partial charge on any atom is -0.456 e. The molecule has 0 aliphatic heterocycles. The van der Waals surface area contributed by atoms with Crippen LogP contribution in [0.2, 0.25) is 0 Å². The fourth-order valence-corrected chi connectivity index (χ4v) is 7.55. The largest absolute Gasteiger partial charge is 0.456 e. The van der Waals surface area contributed by atoms with Gasteiger partial charge in [-0.3, -0.25) is 0 Å². The summed E-state index contributed by atoms with van der Waals surface area (Å²) < 4.78 is 13.2. The van der Waals surface area contributed by atoms with Gasteiger partial charge in [-0.1, -0.05) is 121 Å². The van der Waals surface area contributed by atoms with Crippen molar-refractivity contribution in [2.75, 3.05) is 0 Å². The second-order valence-electron chi connectivity index (χ2n) is 13.2. The van der Waals surface area contributed by atoms with Crippen molar-refractivity contribution in [1.82, 2.24) is 15.0 Å². The zero-order valence-corrected chi connectivity index (χ0v) is 27.7. The molecule has 0 unspecified atom stereocenters. The summed E-state index contributed by atoms with van der Waals surface area (Å²) in [6, 6.07) is 56.4. The van der Waals surface area contributed by atoms with Crippen molar-refractivity contribution >= 4 is 65.4 Å². The monoisotopic (exact) mass is 665 g/mol. The van der Waals surface area contributed by atoms with E-state index in [9.17, 15) is 0 Å². The van der Waals surface area contributed by atoms with Gasteiger partial charge in [0.25, 0.3) is 0 Å². The van der Waals surface area contributed by atoms with E-state index in [4.69, 9.17) is 23.8 Å². The molecule has 5 heteroatoms. The highest BCUT2D eigenvalue weighted by Gasteiger charge is 2.22. The highest BCUT2D eigenvalue weighted by Crippen LogP contribution is 2.44. The van der Waals surface area contributed by atoms with Gasteiger partial charge in [-0.05, 0) is 75.1 Å². The van der Waals surface area contributed by atoms with E-state index in [1.54, 1.807) is 0 Å². The normalized spacial score (nSPS) is 11.8. The van der Waals surface area contributed by atoms with Crippen LogP contribution in [-0.4, -0.2) is 15.0 Å². The van der Waals surface area contributed by atoms with Gasteiger partial charge in [0.05, 0.1) is 5.56 Å². The van der Waals surface area contributed by atoms with Crippen molar-refractivity contribution in [3.05, 3.63) is 164 Å². The molecule has 11 aromatic rings. The van der Waals surface area contributed by atoms with Crippen molar-refractivity contribution in [2.45, 2.75) is 0 Å². The Labute approximate surface area is 297 Å². The topological polar surface area (TPSA) is 65.0 Å². The van der Waals surface area contributed by atoms with Gasteiger partial charge in [0, 0.05) is 32.7 Å². The van der Waals surface area contributed by atoms with Gasteiger partial charge >= 0.3 is 0 Å². The molecule has 52 heavy (non-hydrogen) atoms. The van der Waals surface area contributed by atoms with Crippen LogP contribution in [0.3, 0.4) is 0 Å². The molecule has 0 bridgehead atoms. The Bertz CT molecular complexity index is 3190. The van der Waals surface area contributed by atoms with E-state index in [-0.39, 0.29) is 0 Å². The molecule has 0 aliphatic rings. The van der Waals surface area contributed by atoms with Crippen LogP contribution in [0.4, 0.5) is 0 Å². The SMILES string of the molecule is c1ccc(-c2nc(-c3ccc4ccccc4c3)nc(-c3ccc(-c4ccc5c(c4)oc4ccccc45)c4c3oc3cc5ccccc5cc34)n2)cc1. The van der Waals surface area contributed by atoms with E-state index in [2.05, 4.69) is 115 Å². The van der Waals surface area contributed by atoms with E-state index in [1.165, 1.54) is 0 Å². The highest BCUT2D eigenvalue weighted by molar-refractivity contribution is 6.19. The molecule has 11 rings (SSSR count). The summed E-state index contributed by atoms with van der Waals surface area (Å²) in [7, 11) is 0. The minimum absolute atomic E-state index is 0.546. The molecule has 0 fully saturated rings. The Morgan fingerprint density at radius 2 is 0.942 bits per heavy atom. The van der Waals surface area contributed by atoms with Gasteiger partial charge in [-0.25, -0.2) is 15.0 Å². The number of furan rings is 2. The number of nitrogens with zero attached hydrogens (tertiary/aromatic N) is 3. The molecule has 5 nitrogen and oxygen atoms in total. The Kier molecular flexibility index (Phi) is 6.18. The summed E-state index contributed by atoms with van der Waals surface area (Å²) in [5.41, 5.74) is 7.96. The summed E-state index contributed by atoms with van der Waals surface area (Å²) in [6.07, 6.45) is 0. The third-order valence-corrected chi connectivity index (χ3v) is 10.1. The van der Waals surface area contributed by atoms with E-state index in [0.717, 1.165) is 93.2 Å². The second-order valence-corrected chi connectivity index (χ2v) is 13.2. The Morgan fingerprint density at radius 3 is 1.79 bits per heavy atom. The molecule has 0 atom stereocenters. The predicted molar refractivity (Wildman–Crippen MR) is 211 cm³/mol. The van der Waals surface area contributed by atoms with E-state index in [1.807, 2.05) is 48.5 Å². The van der Waals surface area contributed by atoms with Crippen LogP contribution in [0.5, 0.6) is 0 Å². The number of fused-ring (bicyclic) bond motifs is 8. The van der Waals surface area contributed by atoms with Crippen LogP contribution < -0.4 is 0 Å². The van der Waals surface area contributed by atoms with Crippen molar-refractivity contribution in [2.24, 2.45) is 0 Å². The van der Waals surface area contributed by atoms with Crippen LogP contribution in [-0.2, 0) is 0 Å². The Balaban J connectivity index is 1.18. The van der Waals surface area contributed by atoms with Gasteiger partial charge in [0.2, 0.25) is 0 Å². The molecule has 0 radical (unpaired) electrons. The van der Waals surface area contributed by atoms with Crippen LogP contribution in [0.15, 0.2) is 173 Å². The maximum absolute atomic E-state index is 6.87. The second kappa shape index (κ2) is 11.2. The summed E-state index contributed by atoms with van der Waals surface area (Å²) in [5, 5.41) is 8.78. The predicted octanol–water partition coefficient (Wildman–Crippen LogP) is 12.6. The summed E-state index contributed by atoms with van der Waals surface area (Å²) >= 11 is 0. The average molecular weight is 666 g/mol. The molecular formula is C47H27N3O2. The van der Waals surface area contributed by atoms with Gasteiger partial charge in [0.15, 0.2) is 17.5 Å². The van der Waals surface area contributed by atoms with Crippen molar-refractivity contribution in [1.29, 1.82) is 0 Å². The molecule has 242 valence electrons. The number of benzene rings is 8. The quantitative estimate of drug-likeness (QED) is 0.187. The van der Waals surface area contributed by atoms with Crippen LogP contribution in [0.25, 0.3) is 111 Å². The zero-order valence-electron chi connectivity index (χ0n) is 27.7. The lowest BCUT2D eigenvalue weighted by Crippen LogP contribution is -2.00.